The Balaban J connectivity index is 1.55. The zero-order chi connectivity index (χ0) is 21.5. The Hall–Kier alpha value is -3.55. The van der Waals surface area contributed by atoms with Gasteiger partial charge in [0.15, 0.2) is 0 Å². The first-order chi connectivity index (χ1) is 15.8. The maximum Gasteiger partial charge on any atom is 0.0575 e. The molecule has 0 N–H and O–H groups in total. The van der Waals surface area contributed by atoms with Gasteiger partial charge >= 0.3 is 0 Å². The molecule has 0 aliphatic heterocycles. The molecule has 0 spiro atoms. The molecule has 0 bridgehead atoms. The van der Waals surface area contributed by atoms with E-state index in [9.17, 15) is 0 Å². The highest BCUT2D eigenvalue weighted by atomic mass is 35.5. The number of hydrogen-bond acceptors (Lipinski definition) is 0. The van der Waals surface area contributed by atoms with Gasteiger partial charge in [-0.25, -0.2) is 0 Å². The first-order valence-corrected chi connectivity index (χ1v) is 11.4. The van der Waals surface area contributed by atoms with Crippen LogP contribution >= 0.6 is 11.6 Å². The van der Waals surface area contributed by atoms with Crippen LogP contribution in [0.25, 0.3) is 33.3 Å². The highest BCUT2D eigenvalue weighted by molar-refractivity contribution is 6.31. The van der Waals surface area contributed by atoms with Gasteiger partial charge in [-0.3, -0.25) is 0 Å². The van der Waals surface area contributed by atoms with E-state index in [4.69, 9.17) is 11.6 Å². The Labute approximate surface area is 193 Å². The minimum Gasteiger partial charge on any atom is -0.309 e. The minimum absolute atomic E-state index is 0.786. The molecular formula is C30H22ClN. The van der Waals surface area contributed by atoms with Gasteiger partial charge in [0.1, 0.15) is 0 Å². The number of rotatable bonds is 3. The second-order valence-electron chi connectivity index (χ2n) is 8.26. The molecule has 0 fully saturated rings. The second-order valence-corrected chi connectivity index (χ2v) is 8.70. The molecule has 1 aliphatic rings. The number of allylic oxidation sites excluding steroid dienone is 1. The summed E-state index contributed by atoms with van der Waals surface area (Å²) in [6.07, 6.45) is 4.45. The zero-order valence-electron chi connectivity index (χ0n) is 17.6. The lowest BCUT2D eigenvalue weighted by atomic mass is 9.90. The van der Waals surface area contributed by atoms with Crippen LogP contribution in [0.15, 0.2) is 109 Å². The van der Waals surface area contributed by atoms with E-state index in [1.54, 1.807) is 0 Å². The summed E-state index contributed by atoms with van der Waals surface area (Å²) in [6, 6.07) is 36.4. The lowest BCUT2D eigenvalue weighted by molar-refractivity contribution is 0.956. The molecule has 32 heavy (non-hydrogen) atoms. The van der Waals surface area contributed by atoms with Gasteiger partial charge in [0.25, 0.3) is 0 Å². The first-order valence-electron chi connectivity index (χ1n) is 11.0. The number of benzene rings is 4. The van der Waals surface area contributed by atoms with Crippen LogP contribution in [-0.2, 0) is 6.42 Å². The molecule has 0 unspecified atom stereocenters. The number of fused-ring (bicyclic) bond motifs is 3. The first kappa shape index (κ1) is 19.2. The van der Waals surface area contributed by atoms with Gasteiger partial charge in [0.05, 0.1) is 11.2 Å². The van der Waals surface area contributed by atoms with Crippen molar-refractivity contribution in [1.29, 1.82) is 0 Å². The largest absolute Gasteiger partial charge is 0.309 e. The molecule has 2 heteroatoms. The van der Waals surface area contributed by atoms with Crippen LogP contribution in [0.2, 0.25) is 5.02 Å². The third-order valence-corrected chi connectivity index (χ3v) is 6.58. The summed E-state index contributed by atoms with van der Waals surface area (Å²) in [5, 5.41) is 2.04. The van der Waals surface area contributed by atoms with E-state index in [-0.39, 0.29) is 0 Å². The Bertz CT molecular complexity index is 1440. The minimum atomic E-state index is 0.786. The fourth-order valence-corrected chi connectivity index (χ4v) is 5.07. The van der Waals surface area contributed by atoms with E-state index >= 15 is 0 Å². The van der Waals surface area contributed by atoms with Crippen LogP contribution in [0, 0.1) is 0 Å². The fraction of sp³-hybridized carbons (Fsp3) is 0.0667. The van der Waals surface area contributed by atoms with Gasteiger partial charge in [-0.15, -0.1) is 0 Å². The van der Waals surface area contributed by atoms with Crippen molar-refractivity contribution in [1.82, 2.24) is 4.57 Å². The van der Waals surface area contributed by atoms with E-state index in [2.05, 4.69) is 108 Å². The fourth-order valence-electron chi connectivity index (χ4n) is 4.89. The molecule has 5 aromatic rings. The number of para-hydroxylation sites is 1. The van der Waals surface area contributed by atoms with Crippen molar-refractivity contribution in [2.45, 2.75) is 12.8 Å². The molecule has 6 rings (SSSR count). The van der Waals surface area contributed by atoms with Crippen molar-refractivity contribution >= 4 is 28.1 Å². The standard InChI is InChI=1S/C30H22ClN/c31-24-18-19-29-28(20-24)27-13-7-12-26(30(27)32(29)25-10-5-2-6-11-25)23-16-14-22(15-17-23)21-8-3-1-4-9-21/h1-6,8-12,14-20H,7,13H2. The number of aryl methyl sites for hydroxylation is 1. The Morgan fingerprint density at radius 3 is 2.06 bits per heavy atom. The van der Waals surface area contributed by atoms with Gasteiger partial charge < -0.3 is 4.57 Å². The van der Waals surface area contributed by atoms with E-state index in [0.29, 0.717) is 0 Å². The summed E-state index contributed by atoms with van der Waals surface area (Å²) < 4.78 is 2.40. The zero-order valence-corrected chi connectivity index (χ0v) is 18.4. The normalized spacial score (nSPS) is 13.1. The van der Waals surface area contributed by atoms with Crippen molar-refractivity contribution in [2.24, 2.45) is 0 Å². The Kier molecular flexibility index (Phi) is 4.70. The molecule has 1 aromatic heterocycles. The van der Waals surface area contributed by atoms with Gasteiger partial charge in [0.2, 0.25) is 0 Å². The predicted octanol–water partition coefficient (Wildman–Crippen LogP) is 8.33. The maximum atomic E-state index is 6.42. The quantitative estimate of drug-likeness (QED) is 0.270. The smallest absolute Gasteiger partial charge is 0.0575 e. The number of halogens is 1. The molecule has 1 aliphatic carbocycles. The maximum absolute atomic E-state index is 6.42. The molecular weight excluding hydrogens is 410 g/mol. The van der Waals surface area contributed by atoms with Crippen LogP contribution in [0.1, 0.15) is 23.2 Å². The monoisotopic (exact) mass is 431 g/mol. The predicted molar refractivity (Wildman–Crippen MR) is 136 cm³/mol. The molecule has 154 valence electrons. The third kappa shape index (κ3) is 3.18. The highest BCUT2D eigenvalue weighted by Crippen LogP contribution is 2.41. The Morgan fingerprint density at radius 1 is 0.656 bits per heavy atom. The van der Waals surface area contributed by atoms with E-state index < -0.39 is 0 Å². The van der Waals surface area contributed by atoms with Crippen LogP contribution < -0.4 is 0 Å². The summed E-state index contributed by atoms with van der Waals surface area (Å²) in [5.41, 5.74) is 10.1. The van der Waals surface area contributed by atoms with Gasteiger partial charge in [-0.1, -0.05) is 90.5 Å². The molecule has 0 amide bonds. The van der Waals surface area contributed by atoms with Crippen LogP contribution in [0.4, 0.5) is 0 Å². The molecule has 4 aromatic carbocycles. The van der Waals surface area contributed by atoms with Crippen molar-refractivity contribution in [3.05, 3.63) is 131 Å². The summed E-state index contributed by atoms with van der Waals surface area (Å²) in [4.78, 5) is 0. The lowest BCUT2D eigenvalue weighted by Gasteiger charge is -2.19. The number of aromatic nitrogens is 1. The average Bonchev–Trinajstić information content (AvgIpc) is 3.19. The molecule has 0 saturated carbocycles. The van der Waals surface area contributed by atoms with E-state index in [1.807, 2.05) is 6.07 Å². The van der Waals surface area contributed by atoms with Crippen molar-refractivity contribution in [3.63, 3.8) is 0 Å². The molecule has 0 saturated heterocycles. The van der Waals surface area contributed by atoms with Crippen molar-refractivity contribution in [3.8, 4) is 16.8 Å². The van der Waals surface area contributed by atoms with Gasteiger partial charge in [-0.2, -0.15) is 0 Å². The van der Waals surface area contributed by atoms with Crippen LogP contribution in [-0.4, -0.2) is 4.57 Å². The number of nitrogens with zero attached hydrogens (tertiary/aromatic N) is 1. The van der Waals surface area contributed by atoms with Crippen LogP contribution in [0.3, 0.4) is 0 Å². The topological polar surface area (TPSA) is 4.93 Å². The molecule has 0 radical (unpaired) electrons. The summed E-state index contributed by atoms with van der Waals surface area (Å²) >= 11 is 6.42. The summed E-state index contributed by atoms with van der Waals surface area (Å²) in [5.74, 6) is 0. The van der Waals surface area contributed by atoms with E-state index in [1.165, 1.54) is 50.1 Å². The molecule has 1 heterocycles. The Morgan fingerprint density at radius 2 is 1.31 bits per heavy atom. The molecule has 1 nitrogen and oxygen atoms in total. The van der Waals surface area contributed by atoms with E-state index in [0.717, 1.165) is 17.9 Å². The highest BCUT2D eigenvalue weighted by Gasteiger charge is 2.24. The van der Waals surface area contributed by atoms with Crippen molar-refractivity contribution < 1.29 is 0 Å². The van der Waals surface area contributed by atoms with Gasteiger partial charge in [0, 0.05) is 21.7 Å². The second kappa shape index (κ2) is 7.85. The van der Waals surface area contributed by atoms with Gasteiger partial charge in [-0.05, 0) is 65.4 Å². The third-order valence-electron chi connectivity index (χ3n) is 6.35. The van der Waals surface area contributed by atoms with Crippen molar-refractivity contribution in [2.75, 3.05) is 0 Å². The SMILES string of the molecule is Clc1ccc2c(c1)c1c(n2-c2ccccc2)C(c2ccc(-c3ccccc3)cc2)=CCC1. The summed E-state index contributed by atoms with van der Waals surface area (Å²) in [6.45, 7) is 0. The summed E-state index contributed by atoms with van der Waals surface area (Å²) in [7, 11) is 0. The van der Waals surface area contributed by atoms with Crippen LogP contribution in [0.5, 0.6) is 0 Å². The molecule has 0 atom stereocenters. The number of hydrogen-bond donors (Lipinski definition) is 0. The lowest BCUT2D eigenvalue weighted by Crippen LogP contribution is -2.06. The average molecular weight is 432 g/mol.